The van der Waals surface area contributed by atoms with E-state index >= 15 is 0 Å². The highest BCUT2D eigenvalue weighted by Crippen LogP contribution is 2.40. The quantitative estimate of drug-likeness (QED) is 0.309. The summed E-state index contributed by atoms with van der Waals surface area (Å²) in [5.74, 6) is 0.969. The number of esters is 1. The van der Waals surface area contributed by atoms with E-state index in [-0.39, 0.29) is 12.2 Å². The van der Waals surface area contributed by atoms with E-state index in [4.69, 9.17) is 10.6 Å². The molecule has 0 spiro atoms. The van der Waals surface area contributed by atoms with Crippen LogP contribution in [0.3, 0.4) is 0 Å². The molecule has 7 nitrogen and oxygen atoms in total. The smallest absolute Gasteiger partial charge is 0.416 e. The largest absolute Gasteiger partial charge is 0.466 e. The Labute approximate surface area is 140 Å². The molecule has 1 aromatic rings. The summed E-state index contributed by atoms with van der Waals surface area (Å²) in [6.07, 6.45) is -4.59. The van der Waals surface area contributed by atoms with Gasteiger partial charge in [-0.1, -0.05) is 6.07 Å². The predicted octanol–water partition coefficient (Wildman–Crippen LogP) is 0.603. The average Bonchev–Trinajstić information content (AvgIpc) is 3.27. The van der Waals surface area contributed by atoms with Gasteiger partial charge < -0.3 is 10.1 Å². The van der Waals surface area contributed by atoms with Crippen LogP contribution in [0.15, 0.2) is 24.3 Å². The summed E-state index contributed by atoms with van der Waals surface area (Å²) in [7, 11) is 0. The Bertz CT molecular complexity index is 693. The van der Waals surface area contributed by atoms with Crippen molar-refractivity contribution < 1.29 is 32.3 Å². The average molecular weight is 359 g/mol. The van der Waals surface area contributed by atoms with Gasteiger partial charge in [0, 0.05) is 5.56 Å². The van der Waals surface area contributed by atoms with E-state index in [9.17, 15) is 27.6 Å². The van der Waals surface area contributed by atoms with E-state index in [0.29, 0.717) is 6.07 Å². The second kappa shape index (κ2) is 7.09. The van der Waals surface area contributed by atoms with Gasteiger partial charge in [0.1, 0.15) is 0 Å². The third-order valence-corrected chi connectivity index (χ3v) is 3.77. The van der Waals surface area contributed by atoms with Crippen LogP contribution >= 0.6 is 0 Å². The minimum atomic E-state index is -4.59. The Morgan fingerprint density at radius 1 is 1.24 bits per heavy atom. The molecule has 1 saturated carbocycles. The number of benzene rings is 1. The van der Waals surface area contributed by atoms with Crippen LogP contribution in [0.25, 0.3) is 0 Å². The zero-order chi connectivity index (χ0) is 18.8. The molecule has 0 aliphatic heterocycles. The maximum Gasteiger partial charge on any atom is 0.416 e. The number of hydrazine groups is 1. The maximum absolute atomic E-state index is 12.7. The topological polar surface area (TPSA) is 111 Å². The number of amides is 2. The fourth-order valence-electron chi connectivity index (χ4n) is 2.52. The van der Waals surface area contributed by atoms with Gasteiger partial charge in [-0.3, -0.25) is 19.8 Å². The first-order chi connectivity index (χ1) is 11.7. The van der Waals surface area contributed by atoms with Crippen molar-refractivity contribution in [2.24, 2.45) is 17.7 Å². The molecule has 1 aliphatic rings. The third kappa shape index (κ3) is 4.08. The molecule has 1 aromatic carbocycles. The van der Waals surface area contributed by atoms with Gasteiger partial charge in [0.2, 0.25) is 5.91 Å². The van der Waals surface area contributed by atoms with Crippen molar-refractivity contribution in [1.29, 1.82) is 0 Å². The van der Waals surface area contributed by atoms with Crippen LogP contribution in [0.2, 0.25) is 0 Å². The molecule has 2 rings (SSSR count). The molecule has 0 aromatic heterocycles. The highest BCUT2D eigenvalue weighted by atomic mass is 19.4. The lowest BCUT2D eigenvalue weighted by Gasteiger charge is -2.09. The molecule has 0 radical (unpaired) electrons. The fourth-order valence-corrected chi connectivity index (χ4v) is 2.52. The second-order valence-corrected chi connectivity index (χ2v) is 5.39. The van der Waals surface area contributed by atoms with Crippen LogP contribution < -0.4 is 16.6 Å². The molecular formula is C15H16F3N3O4. The number of nitrogens with one attached hydrogen (secondary N) is 2. The van der Waals surface area contributed by atoms with Crippen molar-refractivity contribution in [2.75, 3.05) is 6.61 Å². The van der Waals surface area contributed by atoms with Crippen molar-refractivity contribution in [3.05, 3.63) is 35.4 Å². The van der Waals surface area contributed by atoms with E-state index in [1.165, 1.54) is 6.07 Å². The highest BCUT2D eigenvalue weighted by molar-refractivity contribution is 5.98. The third-order valence-electron chi connectivity index (χ3n) is 3.77. The summed E-state index contributed by atoms with van der Waals surface area (Å²) in [6, 6.07) is 2.92. The number of hydrogen-bond donors (Lipinski definition) is 3. The van der Waals surface area contributed by atoms with E-state index < -0.39 is 47.4 Å². The van der Waals surface area contributed by atoms with E-state index in [0.717, 1.165) is 12.1 Å². The van der Waals surface area contributed by atoms with Gasteiger partial charge in [-0.2, -0.15) is 13.2 Å². The van der Waals surface area contributed by atoms with Gasteiger partial charge in [0.25, 0.3) is 5.91 Å². The van der Waals surface area contributed by atoms with Gasteiger partial charge in [-0.25, -0.2) is 5.84 Å². The minimum Gasteiger partial charge on any atom is -0.466 e. The summed E-state index contributed by atoms with van der Waals surface area (Å²) in [6.45, 7) is 1.66. The van der Waals surface area contributed by atoms with Crippen molar-refractivity contribution >= 4 is 17.8 Å². The van der Waals surface area contributed by atoms with Crippen molar-refractivity contribution in [1.82, 2.24) is 10.7 Å². The van der Waals surface area contributed by atoms with E-state index in [1.807, 2.05) is 5.43 Å². The highest BCUT2D eigenvalue weighted by Gasteiger charge is 2.60. The molecule has 0 heterocycles. The van der Waals surface area contributed by atoms with Crippen LogP contribution in [0.4, 0.5) is 13.2 Å². The molecule has 0 unspecified atom stereocenters. The molecule has 1 aliphatic carbocycles. The maximum atomic E-state index is 12.7. The Morgan fingerprint density at radius 3 is 2.48 bits per heavy atom. The number of carbonyl (C=O) groups is 3. The first kappa shape index (κ1) is 18.7. The molecule has 0 bridgehead atoms. The van der Waals surface area contributed by atoms with Crippen molar-refractivity contribution in [3.8, 4) is 0 Å². The first-order valence-electron chi connectivity index (χ1n) is 7.36. The normalized spacial score (nSPS) is 22.0. The zero-order valence-corrected chi connectivity index (χ0v) is 13.1. The lowest BCUT2D eigenvalue weighted by atomic mass is 10.1. The van der Waals surface area contributed by atoms with Crippen molar-refractivity contribution in [2.45, 2.75) is 19.1 Å². The van der Waals surface area contributed by atoms with E-state index in [1.54, 1.807) is 6.92 Å². The first-order valence-corrected chi connectivity index (χ1v) is 7.36. The molecule has 0 saturated heterocycles. The summed E-state index contributed by atoms with van der Waals surface area (Å²) in [5.41, 5.74) is 0.662. The lowest BCUT2D eigenvalue weighted by Crippen LogP contribution is -2.35. The molecule has 3 atom stereocenters. The van der Waals surface area contributed by atoms with Crippen LogP contribution in [-0.4, -0.2) is 30.4 Å². The van der Waals surface area contributed by atoms with Gasteiger partial charge in [0.15, 0.2) is 0 Å². The number of ether oxygens (including phenoxy) is 1. The summed E-state index contributed by atoms with van der Waals surface area (Å²) >= 11 is 0. The standard InChI is InChI=1S/C15H16F3N3O4/c1-2-25-14(24)10-9(13(23)21-19)11(10)20-12(22)7-4-3-5-8(6-7)15(16,17)18/h3-6,9-11H,2,19H2,1H3,(H,20,22)(H,21,23)/t9-,10-,11+/m0/s1. The summed E-state index contributed by atoms with van der Waals surface area (Å²) < 4.78 is 43.0. The molecule has 10 heteroatoms. The molecule has 4 N–H and O–H groups in total. The molecular weight excluding hydrogens is 343 g/mol. The number of carbonyl (C=O) groups excluding carboxylic acids is 3. The number of nitrogens with two attached hydrogens (primary N) is 1. The second-order valence-electron chi connectivity index (χ2n) is 5.39. The SMILES string of the molecule is CCOC(=O)[C@@H]1[C@H](NC(=O)c2cccc(C(F)(F)F)c2)[C@H]1C(=O)NN. The summed E-state index contributed by atoms with van der Waals surface area (Å²) in [4.78, 5) is 35.6. The summed E-state index contributed by atoms with van der Waals surface area (Å²) in [5, 5.41) is 2.38. The van der Waals surface area contributed by atoms with Gasteiger partial charge >= 0.3 is 12.1 Å². The number of alkyl halides is 3. The van der Waals surface area contributed by atoms with Crippen LogP contribution in [0.1, 0.15) is 22.8 Å². The van der Waals surface area contributed by atoms with Crippen molar-refractivity contribution in [3.63, 3.8) is 0 Å². The molecule has 2 amide bonds. The Kier molecular flexibility index (Phi) is 5.31. The Morgan fingerprint density at radius 2 is 1.92 bits per heavy atom. The predicted molar refractivity (Wildman–Crippen MR) is 78.6 cm³/mol. The minimum absolute atomic E-state index is 0.0839. The number of hydrogen-bond acceptors (Lipinski definition) is 5. The van der Waals surface area contributed by atoms with E-state index in [2.05, 4.69) is 5.32 Å². The number of halogens is 3. The monoisotopic (exact) mass is 359 g/mol. The zero-order valence-electron chi connectivity index (χ0n) is 13.1. The fraction of sp³-hybridized carbons (Fsp3) is 0.400. The molecule has 1 fully saturated rings. The molecule has 25 heavy (non-hydrogen) atoms. The van der Waals surface area contributed by atoms with Gasteiger partial charge in [-0.05, 0) is 25.1 Å². The van der Waals surface area contributed by atoms with Crippen LogP contribution in [0.5, 0.6) is 0 Å². The number of rotatable bonds is 5. The van der Waals surface area contributed by atoms with Gasteiger partial charge in [0.05, 0.1) is 30.0 Å². The lowest BCUT2D eigenvalue weighted by molar-refractivity contribution is -0.146. The molecule has 136 valence electrons. The van der Waals surface area contributed by atoms with Gasteiger partial charge in [-0.15, -0.1) is 0 Å². The Hall–Kier alpha value is -2.62. The Balaban J connectivity index is 2.13. The van der Waals surface area contributed by atoms with Crippen LogP contribution in [-0.2, 0) is 20.5 Å². The van der Waals surface area contributed by atoms with Crippen LogP contribution in [0, 0.1) is 11.8 Å².